The van der Waals surface area contributed by atoms with Gasteiger partial charge in [0.25, 0.3) is 0 Å². The molecule has 0 aliphatic heterocycles. The quantitative estimate of drug-likeness (QED) is 0.162. The number of aliphatic carboxylic acids is 1. The topological polar surface area (TPSA) is 147 Å². The Morgan fingerprint density at radius 3 is 2.35 bits per heavy atom. The molecule has 2 aromatic carbocycles. The molecule has 1 heterocycles. The van der Waals surface area contributed by atoms with E-state index < -0.39 is 47.1 Å². The molecule has 0 aliphatic rings. The summed E-state index contributed by atoms with van der Waals surface area (Å²) in [5.74, 6) is -3.63. The second kappa shape index (κ2) is 17.3. The van der Waals surface area contributed by atoms with Crippen molar-refractivity contribution in [2.45, 2.75) is 65.7 Å². The van der Waals surface area contributed by atoms with Crippen LogP contribution in [0.2, 0.25) is 0 Å². The highest BCUT2D eigenvalue weighted by Crippen LogP contribution is 2.41. The lowest BCUT2D eigenvalue weighted by Gasteiger charge is -2.41. The molecule has 13 heteroatoms. The zero-order chi connectivity index (χ0) is 35.6. The van der Waals surface area contributed by atoms with Gasteiger partial charge in [-0.2, -0.15) is 0 Å². The van der Waals surface area contributed by atoms with E-state index in [0.717, 1.165) is 35.5 Å². The summed E-state index contributed by atoms with van der Waals surface area (Å²) in [5, 5.41) is 14.7. The first-order chi connectivity index (χ1) is 22.6. The number of hydrogen-bond acceptors (Lipinski definition) is 6. The lowest BCUT2D eigenvalue weighted by atomic mass is 9.83. The minimum absolute atomic E-state index is 0.0352. The lowest BCUT2D eigenvalue weighted by Crippen LogP contribution is -2.45. The van der Waals surface area contributed by atoms with Crippen molar-refractivity contribution in [3.05, 3.63) is 83.7 Å². The van der Waals surface area contributed by atoms with Gasteiger partial charge in [-0.15, -0.1) is 11.8 Å². The number of carboxylic acids is 1. The van der Waals surface area contributed by atoms with Gasteiger partial charge in [0, 0.05) is 55.3 Å². The summed E-state index contributed by atoms with van der Waals surface area (Å²) < 4.78 is 31.3. The Hall–Kier alpha value is -4.23. The summed E-state index contributed by atoms with van der Waals surface area (Å²) in [6, 6.07) is 12.2. The Kier molecular flexibility index (Phi) is 13.7. The highest BCUT2D eigenvalue weighted by Gasteiger charge is 2.37. The van der Waals surface area contributed by atoms with E-state index >= 15 is 4.39 Å². The third-order valence-corrected chi connectivity index (χ3v) is 8.59. The average molecular weight is 686 g/mol. The van der Waals surface area contributed by atoms with Gasteiger partial charge in [0.15, 0.2) is 0 Å². The molecule has 3 rings (SSSR count). The number of benzene rings is 2. The van der Waals surface area contributed by atoms with Gasteiger partial charge in [-0.3, -0.25) is 14.4 Å². The minimum atomic E-state index is -1.21. The average Bonchev–Trinajstić information content (AvgIpc) is 3.40. The first-order valence-corrected chi connectivity index (χ1v) is 16.8. The van der Waals surface area contributed by atoms with Crippen LogP contribution in [0.4, 0.5) is 8.78 Å². The number of rotatable bonds is 16. The number of thioether (sulfide) groups is 1. The maximum absolute atomic E-state index is 15.1. The van der Waals surface area contributed by atoms with Crippen LogP contribution in [0.1, 0.15) is 58.3 Å². The normalized spacial score (nSPS) is 13.3. The Morgan fingerprint density at radius 2 is 1.75 bits per heavy atom. The molecule has 0 fully saturated rings. The summed E-state index contributed by atoms with van der Waals surface area (Å²) >= 11 is 1.08. The predicted octanol–water partition coefficient (Wildman–Crippen LogP) is 4.57. The maximum atomic E-state index is 15.1. The van der Waals surface area contributed by atoms with E-state index in [2.05, 4.69) is 10.6 Å². The fourth-order valence-corrected chi connectivity index (χ4v) is 6.32. The van der Waals surface area contributed by atoms with Gasteiger partial charge in [0.2, 0.25) is 17.7 Å². The number of aromatic nitrogens is 1. The number of carboxylic acid groups (broad SMARTS) is 1. The molecule has 0 bridgehead atoms. The number of hydrogen-bond donors (Lipinski definition) is 4. The van der Waals surface area contributed by atoms with E-state index in [4.69, 9.17) is 5.73 Å². The van der Waals surface area contributed by atoms with E-state index in [-0.39, 0.29) is 42.0 Å². The molecule has 10 nitrogen and oxygen atoms in total. The van der Waals surface area contributed by atoms with Gasteiger partial charge in [0.05, 0.1) is 17.8 Å². The van der Waals surface area contributed by atoms with Crippen LogP contribution < -0.4 is 16.4 Å². The number of nitrogens with two attached hydrogens (primary N) is 1. The highest BCUT2D eigenvalue weighted by atomic mass is 32.2. The van der Waals surface area contributed by atoms with Gasteiger partial charge >= 0.3 is 5.97 Å². The molecule has 3 unspecified atom stereocenters. The summed E-state index contributed by atoms with van der Waals surface area (Å²) in [5.41, 5.74) is 7.27. The summed E-state index contributed by atoms with van der Waals surface area (Å²) in [7, 11) is 0. The molecule has 0 saturated carbocycles. The third kappa shape index (κ3) is 10.9. The largest absolute Gasteiger partial charge is 0.480 e. The van der Waals surface area contributed by atoms with Crippen LogP contribution >= 0.6 is 11.8 Å². The molecule has 0 radical (unpaired) electrons. The molecule has 1 aromatic heterocycles. The maximum Gasteiger partial charge on any atom is 0.327 e. The third-order valence-electron chi connectivity index (χ3n) is 7.57. The van der Waals surface area contributed by atoms with Crippen LogP contribution in [0.15, 0.2) is 60.8 Å². The van der Waals surface area contributed by atoms with Gasteiger partial charge in [0.1, 0.15) is 17.7 Å². The van der Waals surface area contributed by atoms with E-state index in [0.29, 0.717) is 24.2 Å². The van der Waals surface area contributed by atoms with Crippen molar-refractivity contribution < 1.29 is 33.1 Å². The van der Waals surface area contributed by atoms with Gasteiger partial charge < -0.3 is 30.9 Å². The smallest absolute Gasteiger partial charge is 0.327 e. The molecular formula is C35H45F2N5O5S. The summed E-state index contributed by atoms with van der Waals surface area (Å²) in [6.45, 7) is 9.58. The molecule has 3 amide bonds. The highest BCUT2D eigenvalue weighted by molar-refractivity contribution is 8.00. The SMILES string of the molecule is CC(=O)NC(CSCC(=O)N(CCCNC(=O)C(C)N)C(c1cc(-c2cc(F)ccc2F)cn1Cc1ccccc1)C(C)(C)C)C(=O)O. The molecular weight excluding hydrogens is 640 g/mol. The Bertz CT molecular complexity index is 1570. The second-order valence-electron chi connectivity index (χ2n) is 12.8. The van der Waals surface area contributed by atoms with Crippen molar-refractivity contribution in [1.82, 2.24) is 20.1 Å². The molecule has 0 saturated heterocycles. The molecule has 3 aromatic rings. The van der Waals surface area contributed by atoms with E-state index in [1.165, 1.54) is 6.92 Å². The number of nitrogens with zero attached hydrogens (tertiary/aromatic N) is 2. The van der Waals surface area contributed by atoms with Crippen LogP contribution in [0.25, 0.3) is 11.1 Å². The first-order valence-electron chi connectivity index (χ1n) is 15.7. The number of carbonyl (C=O) groups is 4. The van der Waals surface area contributed by atoms with E-state index in [9.17, 15) is 28.7 Å². The zero-order valence-electron chi connectivity index (χ0n) is 28.0. The van der Waals surface area contributed by atoms with Crippen LogP contribution in [0.3, 0.4) is 0 Å². The lowest BCUT2D eigenvalue weighted by molar-refractivity contribution is -0.140. The van der Waals surface area contributed by atoms with Gasteiger partial charge in [-0.1, -0.05) is 51.1 Å². The van der Waals surface area contributed by atoms with Crippen LogP contribution in [0, 0.1) is 17.0 Å². The second-order valence-corrected chi connectivity index (χ2v) is 13.8. The Balaban J connectivity index is 2.07. The summed E-state index contributed by atoms with van der Waals surface area (Å²) in [4.78, 5) is 51.1. The number of nitrogens with one attached hydrogen (secondary N) is 2. The van der Waals surface area contributed by atoms with Gasteiger partial charge in [-0.25, -0.2) is 13.6 Å². The number of amides is 3. The standard InChI is InChI=1S/C35H45F2N5O5S/c1-22(38)33(45)39-14-9-15-42(31(44)21-48-20-29(34(46)47)40-23(2)43)32(35(3,4)5)30-16-25(27-17-26(36)12-13-28(27)37)19-41(30)18-24-10-7-6-8-11-24/h6-8,10-13,16-17,19,22,29,32H,9,14-15,18,20-21,38H2,1-5H3,(H,39,45)(H,40,43)(H,46,47). The molecule has 5 N–H and O–H groups in total. The fraction of sp³-hybridized carbons (Fsp3) is 0.429. The Morgan fingerprint density at radius 1 is 1.06 bits per heavy atom. The monoisotopic (exact) mass is 685 g/mol. The van der Waals surface area contributed by atoms with Crippen LogP contribution in [-0.2, 0) is 25.7 Å². The van der Waals surface area contributed by atoms with Crippen molar-refractivity contribution in [1.29, 1.82) is 0 Å². The molecule has 0 aliphatic carbocycles. The fourth-order valence-electron chi connectivity index (χ4n) is 5.40. The molecule has 3 atom stereocenters. The number of halogens is 2. The van der Waals surface area contributed by atoms with Crippen molar-refractivity contribution in [3.63, 3.8) is 0 Å². The first kappa shape index (κ1) is 38.2. The van der Waals surface area contributed by atoms with Crippen molar-refractivity contribution in [2.75, 3.05) is 24.6 Å². The van der Waals surface area contributed by atoms with Gasteiger partial charge in [-0.05, 0) is 48.6 Å². The van der Waals surface area contributed by atoms with Crippen molar-refractivity contribution >= 4 is 35.5 Å². The molecule has 0 spiro atoms. The summed E-state index contributed by atoms with van der Waals surface area (Å²) in [6.07, 6.45) is 2.14. The molecule has 48 heavy (non-hydrogen) atoms. The molecule has 260 valence electrons. The predicted molar refractivity (Wildman–Crippen MR) is 183 cm³/mol. The number of carbonyl (C=O) groups excluding carboxylic acids is 3. The van der Waals surface area contributed by atoms with E-state index in [1.54, 1.807) is 24.1 Å². The van der Waals surface area contributed by atoms with Crippen molar-refractivity contribution in [3.8, 4) is 11.1 Å². The Labute approximate surface area is 284 Å². The van der Waals surface area contributed by atoms with E-state index in [1.807, 2.05) is 55.7 Å². The van der Waals surface area contributed by atoms with Crippen molar-refractivity contribution in [2.24, 2.45) is 11.1 Å². The minimum Gasteiger partial charge on any atom is -0.480 e. The van der Waals surface area contributed by atoms with Crippen LogP contribution in [-0.4, -0.2) is 74.9 Å². The zero-order valence-corrected chi connectivity index (χ0v) is 28.8. The van der Waals surface area contributed by atoms with Crippen LogP contribution in [0.5, 0.6) is 0 Å².